The first-order chi connectivity index (χ1) is 32.2. The Morgan fingerprint density at radius 1 is 0.614 bits per heavy atom. The Morgan fingerprint density at radius 3 is 1.86 bits per heavy atom. The molecule has 1 fully saturated rings. The molecule has 2 unspecified atom stereocenters. The van der Waals surface area contributed by atoms with E-state index in [1.807, 2.05) is 0 Å². The van der Waals surface area contributed by atoms with Crippen molar-refractivity contribution < 1.29 is 4.42 Å². The summed E-state index contributed by atoms with van der Waals surface area (Å²) in [5.74, 6) is 0. The van der Waals surface area contributed by atoms with E-state index in [1.165, 1.54) is 106 Å². The van der Waals surface area contributed by atoms with Gasteiger partial charge in [-0.1, -0.05) is 166 Å². The van der Waals surface area contributed by atoms with Crippen LogP contribution in [0.15, 0.2) is 99.0 Å². The van der Waals surface area contributed by atoms with E-state index < -0.39 is 0 Å². The highest BCUT2D eigenvalue weighted by atomic mass is 16.3. The van der Waals surface area contributed by atoms with Crippen LogP contribution in [-0.2, 0) is 21.7 Å². The predicted molar refractivity (Wildman–Crippen MR) is 304 cm³/mol. The van der Waals surface area contributed by atoms with Crippen molar-refractivity contribution in [2.24, 2.45) is 21.7 Å². The second-order valence-electron chi connectivity index (χ2n) is 29.5. The number of fused-ring (bicyclic) bond motifs is 6. The van der Waals surface area contributed by atoms with Gasteiger partial charge in [0.05, 0.1) is 17.4 Å². The Kier molecular flexibility index (Phi) is 11.1. The fraction of sp³-hybridized carbons (Fsp3) is 0.576. The minimum absolute atomic E-state index is 0.00106. The maximum absolute atomic E-state index is 7.57. The summed E-state index contributed by atoms with van der Waals surface area (Å²) in [6, 6.07) is 20.2. The summed E-state index contributed by atoms with van der Waals surface area (Å²) >= 11 is 0. The van der Waals surface area contributed by atoms with Crippen LogP contribution in [0.4, 0.5) is 22.7 Å². The molecule has 372 valence electrons. The smallest absolute Gasteiger partial charge is 0.267 e. The number of hydrogen-bond donors (Lipinski definition) is 0. The van der Waals surface area contributed by atoms with Crippen LogP contribution < -0.4 is 20.9 Å². The molecule has 1 saturated carbocycles. The molecule has 1 aromatic heterocycles. The molecule has 0 spiro atoms. The number of allylic oxidation sites excluding steroid dienone is 5. The third kappa shape index (κ3) is 7.79. The summed E-state index contributed by atoms with van der Waals surface area (Å²) in [6.07, 6.45) is 17.2. The van der Waals surface area contributed by atoms with E-state index in [-0.39, 0.29) is 62.1 Å². The average Bonchev–Trinajstić information content (AvgIpc) is 3.63. The molecule has 3 aromatic carbocycles. The SMILES string of the molecule is CC1=CC2=C(CC1N1c3cc(C(C)(C)C)cc4c3B(CC=C3/C(=C\C1C)C(C)(C)CCC3(C)C)c1oc3ccc(C(C)(C)C)cc3c1N4c1ccc3c(c1)C(C)(C)CCC3(C)C)C(C)(C)CCC2(C)C. The van der Waals surface area contributed by atoms with Crippen molar-refractivity contribution in [3.05, 3.63) is 117 Å². The second-order valence-corrected chi connectivity index (χ2v) is 29.5. The van der Waals surface area contributed by atoms with Crippen molar-refractivity contribution in [1.29, 1.82) is 0 Å². The molecule has 2 aliphatic heterocycles. The number of anilines is 4. The Morgan fingerprint density at radius 2 is 1.20 bits per heavy atom. The largest absolute Gasteiger partial charge is 0.469 e. The van der Waals surface area contributed by atoms with E-state index in [1.54, 1.807) is 16.7 Å². The van der Waals surface area contributed by atoms with Gasteiger partial charge in [-0.3, -0.25) is 0 Å². The van der Waals surface area contributed by atoms with Gasteiger partial charge >= 0.3 is 0 Å². The van der Waals surface area contributed by atoms with Gasteiger partial charge in [0.2, 0.25) is 0 Å². The highest BCUT2D eigenvalue weighted by Gasteiger charge is 2.49. The summed E-state index contributed by atoms with van der Waals surface area (Å²) in [6.45, 7) is 49.3. The first-order valence-electron chi connectivity index (χ1n) is 27.6. The van der Waals surface area contributed by atoms with E-state index in [0.717, 1.165) is 24.0 Å². The Bertz CT molecular complexity index is 2950. The van der Waals surface area contributed by atoms with E-state index in [0.29, 0.717) is 0 Å². The van der Waals surface area contributed by atoms with Gasteiger partial charge in [0.25, 0.3) is 6.71 Å². The topological polar surface area (TPSA) is 19.6 Å². The Hall–Kier alpha value is -4.18. The number of furan rings is 1. The van der Waals surface area contributed by atoms with Gasteiger partial charge in [0.15, 0.2) is 0 Å². The monoisotopic (exact) mass is 937 g/mol. The van der Waals surface area contributed by atoms with Gasteiger partial charge in [0, 0.05) is 28.5 Å². The lowest BCUT2D eigenvalue weighted by molar-refractivity contribution is 0.253. The summed E-state index contributed by atoms with van der Waals surface area (Å²) in [5, 5.41) is 1.22. The van der Waals surface area contributed by atoms with Crippen LogP contribution in [0.1, 0.15) is 206 Å². The molecule has 4 aromatic rings. The fourth-order valence-electron chi connectivity index (χ4n) is 14.2. The zero-order valence-electron chi connectivity index (χ0n) is 47.5. The van der Waals surface area contributed by atoms with Crippen LogP contribution >= 0.6 is 0 Å². The van der Waals surface area contributed by atoms with Crippen molar-refractivity contribution in [2.75, 3.05) is 9.80 Å². The molecule has 0 bridgehead atoms. The Balaban J connectivity index is 1.34. The number of hydrogen-bond acceptors (Lipinski definition) is 3. The zero-order chi connectivity index (χ0) is 50.8. The van der Waals surface area contributed by atoms with Crippen molar-refractivity contribution in [1.82, 2.24) is 0 Å². The molecule has 2 atom stereocenters. The van der Waals surface area contributed by atoms with Crippen LogP contribution in [0.25, 0.3) is 11.0 Å². The van der Waals surface area contributed by atoms with Gasteiger partial charge in [-0.15, -0.1) is 0 Å². The van der Waals surface area contributed by atoms with Crippen LogP contribution in [0.3, 0.4) is 0 Å². The quantitative estimate of drug-likeness (QED) is 0.187. The summed E-state index contributed by atoms with van der Waals surface area (Å²) in [4.78, 5) is 5.65. The lowest BCUT2D eigenvalue weighted by Gasteiger charge is -2.51. The summed E-state index contributed by atoms with van der Waals surface area (Å²) in [5.41, 5.74) is 22.6. The van der Waals surface area contributed by atoms with Crippen LogP contribution in [-0.4, -0.2) is 18.8 Å². The van der Waals surface area contributed by atoms with E-state index in [2.05, 4.69) is 215 Å². The van der Waals surface area contributed by atoms with Gasteiger partial charge in [-0.2, -0.15) is 0 Å². The molecule has 0 radical (unpaired) electrons. The van der Waals surface area contributed by atoms with Crippen molar-refractivity contribution >= 4 is 51.6 Å². The van der Waals surface area contributed by atoms with Crippen molar-refractivity contribution in [3.63, 3.8) is 0 Å². The number of rotatable bonds is 2. The molecular formula is C66H89BN2O. The highest BCUT2D eigenvalue weighted by molar-refractivity contribution is 6.89. The molecule has 0 saturated heterocycles. The number of benzene rings is 3. The third-order valence-corrected chi connectivity index (χ3v) is 19.5. The highest BCUT2D eigenvalue weighted by Crippen LogP contribution is 2.57. The second kappa shape index (κ2) is 15.7. The lowest BCUT2D eigenvalue weighted by atomic mass is 9.38. The van der Waals surface area contributed by atoms with Crippen molar-refractivity contribution in [3.8, 4) is 0 Å². The molecular weight excluding hydrogens is 848 g/mol. The molecule has 3 heterocycles. The molecule has 0 amide bonds. The average molecular weight is 937 g/mol. The minimum atomic E-state index is -0.111. The normalized spacial score (nSPS) is 25.9. The third-order valence-electron chi connectivity index (χ3n) is 19.5. The predicted octanol–water partition coefficient (Wildman–Crippen LogP) is 17.5. The molecule has 4 aliphatic carbocycles. The molecule has 3 nitrogen and oxygen atoms in total. The maximum Gasteiger partial charge on any atom is 0.267 e. The Labute approximate surface area is 425 Å². The van der Waals surface area contributed by atoms with E-state index >= 15 is 0 Å². The van der Waals surface area contributed by atoms with Crippen LogP contribution in [0.5, 0.6) is 0 Å². The van der Waals surface area contributed by atoms with Gasteiger partial charge in [-0.25, -0.2) is 0 Å². The molecule has 0 N–H and O–H groups in total. The summed E-state index contributed by atoms with van der Waals surface area (Å²) < 4.78 is 7.57. The first kappa shape index (κ1) is 49.4. The van der Waals surface area contributed by atoms with Gasteiger partial charge < -0.3 is 14.2 Å². The lowest BCUT2D eigenvalue weighted by Crippen LogP contribution is -2.55. The number of nitrogens with zero attached hydrogens (tertiary/aromatic N) is 2. The maximum atomic E-state index is 7.57. The fourth-order valence-corrected chi connectivity index (χ4v) is 14.2. The van der Waals surface area contributed by atoms with E-state index in [9.17, 15) is 0 Å². The summed E-state index contributed by atoms with van der Waals surface area (Å²) in [7, 11) is 0. The van der Waals surface area contributed by atoms with Crippen molar-refractivity contribution in [2.45, 2.75) is 223 Å². The van der Waals surface area contributed by atoms with E-state index in [4.69, 9.17) is 4.42 Å². The van der Waals surface area contributed by atoms with Gasteiger partial charge in [0.1, 0.15) is 5.58 Å². The standard InChI is InChI=1S/C66H89BN2O/c1-40-33-48-51(66(19,20)31-30-63(48,13)14)39-52(40)68-41(2)34-49-47(62(11,12)27-28-64(49,15)16)25-32-67-56-53(68)36-43(60(6,7)8)37-54(56)69(44-22-23-46-50(38-44)65(17,18)29-26-61(46,9)10)57-45-35-42(59(3,4)5)21-24-55(45)70-58(57)67/h21-25,33-38,41,52H,26-32,39H2,1-20H3/b47-25?,49-34+. The molecule has 6 aliphatic rings. The molecule has 4 heteroatoms. The zero-order valence-corrected chi connectivity index (χ0v) is 47.5. The molecule has 10 rings (SSSR count). The first-order valence-corrected chi connectivity index (χ1v) is 27.6. The molecule has 70 heavy (non-hydrogen) atoms. The minimum Gasteiger partial charge on any atom is -0.469 e. The van der Waals surface area contributed by atoms with Crippen LogP contribution in [0.2, 0.25) is 6.32 Å². The van der Waals surface area contributed by atoms with Gasteiger partial charge in [-0.05, 0) is 189 Å². The van der Waals surface area contributed by atoms with Crippen LogP contribution in [0, 0.1) is 21.7 Å².